The standard InChI is InChI=1S/C11H10BrClO4/c1-5(13)9(14)7-3-2-6(4-8(7)12)10(15)11(16)17/h2-5,10,15H,1H3,(H,16,17). The van der Waals surface area contributed by atoms with Gasteiger partial charge >= 0.3 is 5.97 Å². The van der Waals surface area contributed by atoms with Gasteiger partial charge in [-0.15, -0.1) is 11.6 Å². The molecule has 0 heterocycles. The van der Waals surface area contributed by atoms with E-state index in [9.17, 15) is 14.7 Å². The van der Waals surface area contributed by atoms with Crippen molar-refractivity contribution in [2.75, 3.05) is 0 Å². The maximum atomic E-state index is 11.6. The Kier molecular flexibility index (Phi) is 4.68. The molecule has 1 aromatic rings. The lowest BCUT2D eigenvalue weighted by atomic mass is 10.0. The largest absolute Gasteiger partial charge is 0.479 e. The number of aliphatic carboxylic acids is 1. The third-order valence-corrected chi connectivity index (χ3v) is 3.02. The Morgan fingerprint density at radius 1 is 1.41 bits per heavy atom. The second-order valence-electron chi connectivity index (χ2n) is 3.46. The van der Waals surface area contributed by atoms with E-state index in [0.29, 0.717) is 10.0 Å². The molecular weight excluding hydrogens is 311 g/mol. The van der Waals surface area contributed by atoms with Crippen LogP contribution in [0.5, 0.6) is 0 Å². The fraction of sp³-hybridized carbons (Fsp3) is 0.273. The second-order valence-corrected chi connectivity index (χ2v) is 4.97. The van der Waals surface area contributed by atoms with Crippen LogP contribution in [0.3, 0.4) is 0 Å². The van der Waals surface area contributed by atoms with Gasteiger partial charge in [-0.05, 0) is 24.6 Å². The summed E-state index contributed by atoms with van der Waals surface area (Å²) in [4.78, 5) is 22.2. The first-order chi connectivity index (χ1) is 7.84. The van der Waals surface area contributed by atoms with Crippen LogP contribution < -0.4 is 0 Å². The Labute approximate surface area is 111 Å². The number of halogens is 2. The zero-order chi connectivity index (χ0) is 13.2. The Bertz CT molecular complexity index is 459. The minimum Gasteiger partial charge on any atom is -0.479 e. The van der Waals surface area contributed by atoms with Gasteiger partial charge in [0, 0.05) is 10.0 Å². The molecule has 2 N–H and O–H groups in total. The van der Waals surface area contributed by atoms with Gasteiger partial charge in [0.1, 0.15) is 0 Å². The molecule has 0 saturated carbocycles. The Hall–Kier alpha value is -0.910. The van der Waals surface area contributed by atoms with Gasteiger partial charge in [-0.25, -0.2) is 4.79 Å². The van der Waals surface area contributed by atoms with Gasteiger partial charge in [-0.1, -0.05) is 22.0 Å². The molecule has 0 bridgehead atoms. The summed E-state index contributed by atoms with van der Waals surface area (Å²) in [5.41, 5.74) is 0.553. The second kappa shape index (κ2) is 5.62. The first-order valence-electron chi connectivity index (χ1n) is 4.73. The molecule has 2 atom stereocenters. The summed E-state index contributed by atoms with van der Waals surface area (Å²) in [7, 11) is 0. The highest BCUT2D eigenvalue weighted by Crippen LogP contribution is 2.24. The number of benzene rings is 1. The topological polar surface area (TPSA) is 74.6 Å². The Balaban J connectivity index is 3.10. The Morgan fingerprint density at radius 2 is 2.00 bits per heavy atom. The molecule has 92 valence electrons. The van der Waals surface area contributed by atoms with E-state index in [2.05, 4.69) is 15.9 Å². The number of rotatable bonds is 4. The highest BCUT2D eigenvalue weighted by Gasteiger charge is 2.20. The van der Waals surface area contributed by atoms with Crippen molar-refractivity contribution in [2.45, 2.75) is 18.4 Å². The van der Waals surface area contributed by atoms with Crippen LogP contribution in [0.4, 0.5) is 0 Å². The normalized spacial score (nSPS) is 14.1. The number of carboxylic acids is 1. The predicted octanol–water partition coefficient (Wildman–Crippen LogP) is 2.38. The molecule has 6 heteroatoms. The minimum atomic E-state index is -1.61. The van der Waals surface area contributed by atoms with E-state index in [1.807, 2.05) is 0 Å². The average molecular weight is 322 g/mol. The molecule has 17 heavy (non-hydrogen) atoms. The van der Waals surface area contributed by atoms with Gasteiger partial charge in [-0.2, -0.15) is 0 Å². The van der Waals surface area contributed by atoms with Crippen LogP contribution in [0.2, 0.25) is 0 Å². The molecule has 1 aromatic carbocycles. The third kappa shape index (κ3) is 3.28. The van der Waals surface area contributed by atoms with Gasteiger partial charge in [0.25, 0.3) is 0 Å². The lowest BCUT2D eigenvalue weighted by Crippen LogP contribution is -2.13. The highest BCUT2D eigenvalue weighted by molar-refractivity contribution is 9.10. The molecule has 0 radical (unpaired) electrons. The van der Waals surface area contributed by atoms with E-state index >= 15 is 0 Å². The summed E-state index contributed by atoms with van der Waals surface area (Å²) in [6, 6.07) is 4.22. The lowest BCUT2D eigenvalue weighted by Gasteiger charge is -2.10. The van der Waals surface area contributed by atoms with Gasteiger partial charge < -0.3 is 10.2 Å². The number of Topliss-reactive ketones (excluding diaryl/α,β-unsaturated/α-hetero) is 1. The fourth-order valence-corrected chi connectivity index (χ4v) is 1.97. The fourth-order valence-electron chi connectivity index (χ4n) is 1.26. The number of hydrogen-bond acceptors (Lipinski definition) is 3. The predicted molar refractivity (Wildman–Crippen MR) is 66.4 cm³/mol. The highest BCUT2D eigenvalue weighted by atomic mass is 79.9. The van der Waals surface area contributed by atoms with E-state index in [0.717, 1.165) is 0 Å². The zero-order valence-corrected chi connectivity index (χ0v) is 11.2. The molecule has 0 aliphatic heterocycles. The molecule has 0 aliphatic rings. The SMILES string of the molecule is CC(Cl)C(=O)c1ccc(C(O)C(=O)O)cc1Br. The van der Waals surface area contributed by atoms with Crippen LogP contribution in [0.25, 0.3) is 0 Å². The number of aliphatic hydroxyl groups excluding tert-OH is 1. The van der Waals surface area contributed by atoms with Gasteiger partial charge in [-0.3, -0.25) is 4.79 Å². The van der Waals surface area contributed by atoms with Gasteiger partial charge in [0.2, 0.25) is 0 Å². The average Bonchev–Trinajstić information content (AvgIpc) is 2.26. The van der Waals surface area contributed by atoms with Crippen molar-refractivity contribution < 1.29 is 19.8 Å². The smallest absolute Gasteiger partial charge is 0.337 e. The molecule has 0 aliphatic carbocycles. The van der Waals surface area contributed by atoms with Crippen molar-refractivity contribution in [3.05, 3.63) is 33.8 Å². The molecule has 0 aromatic heterocycles. The van der Waals surface area contributed by atoms with E-state index < -0.39 is 17.5 Å². The maximum Gasteiger partial charge on any atom is 0.337 e. The number of carboxylic acid groups (broad SMARTS) is 1. The number of alkyl halides is 1. The Morgan fingerprint density at radius 3 is 2.41 bits per heavy atom. The van der Waals surface area contributed by atoms with Crippen molar-refractivity contribution in [2.24, 2.45) is 0 Å². The van der Waals surface area contributed by atoms with Crippen molar-refractivity contribution in [1.82, 2.24) is 0 Å². The minimum absolute atomic E-state index is 0.197. The molecule has 0 fully saturated rings. The molecule has 2 unspecified atom stereocenters. The van der Waals surface area contributed by atoms with E-state index in [1.165, 1.54) is 18.2 Å². The molecule has 4 nitrogen and oxygen atoms in total. The first kappa shape index (κ1) is 14.2. The summed E-state index contributed by atoms with van der Waals surface area (Å²) in [6.07, 6.45) is -1.61. The number of carbonyl (C=O) groups excluding carboxylic acids is 1. The lowest BCUT2D eigenvalue weighted by molar-refractivity contribution is -0.146. The quantitative estimate of drug-likeness (QED) is 0.659. The van der Waals surface area contributed by atoms with E-state index in [1.54, 1.807) is 6.92 Å². The number of hydrogen-bond donors (Lipinski definition) is 2. The maximum absolute atomic E-state index is 11.6. The summed E-state index contributed by atoms with van der Waals surface area (Å²) < 4.78 is 0.410. The number of carbonyl (C=O) groups is 2. The summed E-state index contributed by atoms with van der Waals surface area (Å²) in [6.45, 7) is 1.55. The van der Waals surface area contributed by atoms with Crippen LogP contribution in [0.15, 0.2) is 22.7 Å². The molecule has 0 amide bonds. The summed E-state index contributed by atoms with van der Waals surface area (Å²) >= 11 is 8.82. The van der Waals surface area contributed by atoms with Crippen LogP contribution in [-0.2, 0) is 4.79 Å². The molecular formula is C11H10BrClO4. The summed E-state index contributed by atoms with van der Waals surface area (Å²) in [5.74, 6) is -1.61. The number of ketones is 1. The zero-order valence-electron chi connectivity index (χ0n) is 8.85. The molecule has 0 saturated heterocycles. The van der Waals surface area contributed by atoms with Crippen LogP contribution in [-0.4, -0.2) is 27.3 Å². The van der Waals surface area contributed by atoms with Crippen molar-refractivity contribution >= 4 is 39.3 Å². The van der Waals surface area contributed by atoms with Crippen LogP contribution >= 0.6 is 27.5 Å². The molecule has 1 rings (SSSR count). The van der Waals surface area contributed by atoms with Crippen molar-refractivity contribution in [3.63, 3.8) is 0 Å². The molecule has 0 spiro atoms. The first-order valence-corrected chi connectivity index (χ1v) is 5.96. The van der Waals surface area contributed by atoms with E-state index in [-0.39, 0.29) is 11.3 Å². The van der Waals surface area contributed by atoms with Crippen LogP contribution in [0.1, 0.15) is 28.9 Å². The monoisotopic (exact) mass is 320 g/mol. The van der Waals surface area contributed by atoms with E-state index in [4.69, 9.17) is 16.7 Å². The van der Waals surface area contributed by atoms with Gasteiger partial charge in [0.15, 0.2) is 11.9 Å². The van der Waals surface area contributed by atoms with Gasteiger partial charge in [0.05, 0.1) is 5.38 Å². The third-order valence-electron chi connectivity index (χ3n) is 2.17. The van der Waals surface area contributed by atoms with Crippen molar-refractivity contribution in [3.8, 4) is 0 Å². The van der Waals surface area contributed by atoms with Crippen LogP contribution in [0, 0.1) is 0 Å². The van der Waals surface area contributed by atoms with Crippen molar-refractivity contribution in [1.29, 1.82) is 0 Å². The number of aliphatic hydroxyl groups is 1. The summed E-state index contributed by atoms with van der Waals surface area (Å²) in [5, 5.41) is 17.3.